The smallest absolute Gasteiger partial charge is 0.404 e. The predicted octanol–water partition coefficient (Wildman–Crippen LogP) is 5.67. The van der Waals surface area contributed by atoms with Crippen molar-refractivity contribution in [2.24, 2.45) is 29.1 Å². The molecule has 9 heteroatoms. The molecule has 0 aliphatic heterocycles. The molecule has 0 bridgehead atoms. The Morgan fingerprint density at radius 3 is 2.30 bits per heavy atom. The lowest BCUT2D eigenvalue weighted by molar-refractivity contribution is -0.126. The fraction of sp³-hybridized carbons (Fsp3) is 0.710. The Kier molecular flexibility index (Phi) is 15.5. The minimum Gasteiger partial charge on any atom is -0.493 e. The first kappa shape index (κ1) is 35.0. The number of amides is 2. The van der Waals surface area contributed by atoms with Gasteiger partial charge < -0.3 is 30.0 Å². The van der Waals surface area contributed by atoms with E-state index >= 15 is 0 Å². The summed E-state index contributed by atoms with van der Waals surface area (Å²) in [4.78, 5) is 24.6. The van der Waals surface area contributed by atoms with Crippen molar-refractivity contribution in [2.75, 3.05) is 34.0 Å². The van der Waals surface area contributed by atoms with Crippen molar-refractivity contribution in [1.29, 1.82) is 5.26 Å². The van der Waals surface area contributed by atoms with Crippen molar-refractivity contribution in [3.63, 3.8) is 0 Å². The summed E-state index contributed by atoms with van der Waals surface area (Å²) in [6.07, 6.45) is 2.20. The Hall–Kier alpha value is -2.99. The van der Waals surface area contributed by atoms with Gasteiger partial charge in [0.15, 0.2) is 11.5 Å². The van der Waals surface area contributed by atoms with E-state index in [1.54, 1.807) is 28.1 Å². The van der Waals surface area contributed by atoms with E-state index in [0.717, 1.165) is 18.4 Å². The predicted molar refractivity (Wildman–Crippen MR) is 157 cm³/mol. The number of methoxy groups -OCH3 is 2. The third-order valence-electron chi connectivity index (χ3n) is 7.31. The van der Waals surface area contributed by atoms with Gasteiger partial charge in [-0.1, -0.05) is 33.8 Å². The molecule has 9 nitrogen and oxygen atoms in total. The van der Waals surface area contributed by atoms with E-state index in [-0.39, 0.29) is 36.2 Å². The molecule has 1 aromatic carbocycles. The topological polar surface area (TPSA) is 130 Å². The van der Waals surface area contributed by atoms with Gasteiger partial charge in [0.25, 0.3) is 0 Å². The molecular formula is C31H51N3O6. The molecule has 40 heavy (non-hydrogen) atoms. The van der Waals surface area contributed by atoms with E-state index in [9.17, 15) is 20.0 Å². The van der Waals surface area contributed by atoms with Gasteiger partial charge in [0.2, 0.25) is 5.91 Å². The maximum absolute atomic E-state index is 13.0. The number of nitrogens with zero attached hydrogens (tertiary/aromatic N) is 1. The highest BCUT2D eigenvalue weighted by Crippen LogP contribution is 2.32. The number of nitriles is 1. The second-order valence-corrected chi connectivity index (χ2v) is 11.9. The van der Waals surface area contributed by atoms with Gasteiger partial charge in [0, 0.05) is 38.6 Å². The van der Waals surface area contributed by atoms with Crippen LogP contribution in [0.15, 0.2) is 18.2 Å². The zero-order valence-electron chi connectivity index (χ0n) is 25.7. The Labute approximate surface area is 241 Å². The summed E-state index contributed by atoms with van der Waals surface area (Å²) in [5.41, 5.74) is 0.445. The maximum atomic E-state index is 13.0. The van der Waals surface area contributed by atoms with Crippen LogP contribution in [0.2, 0.25) is 0 Å². The van der Waals surface area contributed by atoms with Crippen molar-refractivity contribution >= 4 is 12.0 Å². The van der Waals surface area contributed by atoms with Crippen LogP contribution in [-0.2, 0) is 16.0 Å². The van der Waals surface area contributed by atoms with E-state index in [0.29, 0.717) is 49.9 Å². The van der Waals surface area contributed by atoms with Crippen LogP contribution in [0, 0.1) is 40.4 Å². The molecule has 1 aromatic rings. The van der Waals surface area contributed by atoms with Crippen LogP contribution in [0.1, 0.15) is 72.8 Å². The molecular weight excluding hydrogens is 510 g/mol. The molecule has 0 spiro atoms. The Morgan fingerprint density at radius 1 is 1.05 bits per heavy atom. The summed E-state index contributed by atoms with van der Waals surface area (Å²) in [6, 6.07) is 7.85. The summed E-state index contributed by atoms with van der Waals surface area (Å²) in [6.45, 7) is 13.3. The zero-order valence-corrected chi connectivity index (χ0v) is 25.7. The standard InChI is InChI=1S/C31H51N3O6/c1-21(2)24(16-23-10-13-27(39-8)28(17-23)40-15-9-14-38-7)18-25(34-30(36)37)11-12-26(22(3)4)29(35)33-20-31(5,6)19-32/h10,13,17,21-22,24-26,34H,9,11-12,14-16,18,20H2,1-8H3,(H,33,35)(H,36,37). The molecule has 2 amide bonds. The van der Waals surface area contributed by atoms with Gasteiger partial charge in [-0.2, -0.15) is 5.26 Å². The monoisotopic (exact) mass is 561 g/mol. The second kappa shape index (κ2) is 17.6. The normalized spacial score (nSPS) is 13.8. The molecule has 0 radical (unpaired) electrons. The number of nitrogens with one attached hydrogen (secondary N) is 2. The van der Waals surface area contributed by atoms with E-state index in [2.05, 4.69) is 30.6 Å². The van der Waals surface area contributed by atoms with Crippen LogP contribution in [0.25, 0.3) is 0 Å². The van der Waals surface area contributed by atoms with Gasteiger partial charge in [-0.15, -0.1) is 0 Å². The highest BCUT2D eigenvalue weighted by Gasteiger charge is 2.28. The fourth-order valence-corrected chi connectivity index (χ4v) is 4.66. The quantitative estimate of drug-likeness (QED) is 0.186. The van der Waals surface area contributed by atoms with Crippen molar-refractivity contribution in [3.05, 3.63) is 23.8 Å². The average Bonchev–Trinajstić information content (AvgIpc) is 2.89. The zero-order chi connectivity index (χ0) is 30.3. The first-order chi connectivity index (χ1) is 18.8. The van der Waals surface area contributed by atoms with Crippen molar-refractivity contribution < 1.29 is 28.9 Å². The molecule has 0 aromatic heterocycles. The lowest BCUT2D eigenvalue weighted by Crippen LogP contribution is -2.41. The van der Waals surface area contributed by atoms with Crippen LogP contribution >= 0.6 is 0 Å². The maximum Gasteiger partial charge on any atom is 0.404 e. The first-order valence-corrected chi connectivity index (χ1v) is 14.3. The van der Waals surface area contributed by atoms with E-state index < -0.39 is 11.5 Å². The molecule has 226 valence electrons. The number of carboxylic acid groups (broad SMARTS) is 1. The minimum atomic E-state index is -1.06. The number of hydrogen-bond acceptors (Lipinski definition) is 6. The Morgan fingerprint density at radius 2 is 1.75 bits per heavy atom. The fourth-order valence-electron chi connectivity index (χ4n) is 4.66. The summed E-state index contributed by atoms with van der Waals surface area (Å²) in [5.74, 6) is 1.58. The minimum absolute atomic E-state index is 0.0816. The van der Waals surface area contributed by atoms with E-state index in [1.807, 2.05) is 32.0 Å². The average molecular weight is 562 g/mol. The van der Waals surface area contributed by atoms with Crippen LogP contribution in [0.3, 0.4) is 0 Å². The first-order valence-electron chi connectivity index (χ1n) is 14.3. The van der Waals surface area contributed by atoms with E-state index in [4.69, 9.17) is 14.2 Å². The number of benzene rings is 1. The molecule has 0 fully saturated rings. The number of rotatable bonds is 19. The third-order valence-corrected chi connectivity index (χ3v) is 7.31. The molecule has 1 rings (SSSR count). The van der Waals surface area contributed by atoms with Gasteiger partial charge in [-0.3, -0.25) is 4.79 Å². The van der Waals surface area contributed by atoms with Gasteiger partial charge >= 0.3 is 6.09 Å². The molecule has 3 N–H and O–H groups in total. The van der Waals surface area contributed by atoms with Crippen LogP contribution in [0.4, 0.5) is 4.79 Å². The van der Waals surface area contributed by atoms with Gasteiger partial charge in [0.05, 0.1) is 25.2 Å². The number of carbonyl (C=O) groups excluding carboxylic acids is 1. The van der Waals surface area contributed by atoms with Crippen molar-refractivity contribution in [1.82, 2.24) is 10.6 Å². The Bertz CT molecular complexity index is 957. The van der Waals surface area contributed by atoms with Crippen molar-refractivity contribution in [2.45, 2.75) is 79.7 Å². The second-order valence-electron chi connectivity index (χ2n) is 11.9. The van der Waals surface area contributed by atoms with Crippen LogP contribution in [-0.4, -0.2) is 57.1 Å². The lowest BCUT2D eigenvalue weighted by Gasteiger charge is -2.29. The summed E-state index contributed by atoms with van der Waals surface area (Å²) in [5, 5.41) is 24.5. The van der Waals surface area contributed by atoms with Crippen LogP contribution in [0.5, 0.6) is 11.5 Å². The highest BCUT2D eigenvalue weighted by molar-refractivity contribution is 5.79. The van der Waals surface area contributed by atoms with Gasteiger partial charge in [-0.25, -0.2) is 4.79 Å². The molecule has 3 unspecified atom stereocenters. The summed E-state index contributed by atoms with van der Waals surface area (Å²) < 4.78 is 16.5. The molecule has 3 atom stereocenters. The Balaban J connectivity index is 2.98. The molecule has 0 heterocycles. The summed E-state index contributed by atoms with van der Waals surface area (Å²) in [7, 11) is 3.28. The number of hydrogen-bond donors (Lipinski definition) is 3. The highest BCUT2D eigenvalue weighted by atomic mass is 16.5. The number of ether oxygens (including phenoxy) is 3. The molecule has 0 aliphatic carbocycles. The number of carbonyl (C=O) groups is 2. The molecule has 0 aliphatic rings. The SMILES string of the molecule is COCCCOc1cc(CC(CC(CCC(C(=O)NCC(C)(C)C#N)C(C)C)NC(=O)O)C(C)C)ccc1OC. The van der Waals surface area contributed by atoms with Gasteiger partial charge in [-0.05, 0) is 75.0 Å². The molecule has 0 saturated heterocycles. The summed E-state index contributed by atoms with van der Waals surface area (Å²) >= 11 is 0. The largest absolute Gasteiger partial charge is 0.493 e. The van der Waals surface area contributed by atoms with Crippen molar-refractivity contribution in [3.8, 4) is 17.6 Å². The molecule has 0 saturated carbocycles. The lowest BCUT2D eigenvalue weighted by atomic mass is 9.81. The van der Waals surface area contributed by atoms with Gasteiger partial charge in [0.1, 0.15) is 0 Å². The van der Waals surface area contributed by atoms with E-state index in [1.165, 1.54) is 0 Å². The third kappa shape index (κ3) is 12.9. The van der Waals surface area contributed by atoms with Crippen LogP contribution < -0.4 is 20.1 Å².